The maximum absolute atomic E-state index is 11.5. The molecular formula is C9H13IN2O2. The molecule has 0 bridgehead atoms. The molecule has 0 saturated carbocycles. The summed E-state index contributed by atoms with van der Waals surface area (Å²) in [6.07, 6.45) is 1.22. The van der Waals surface area contributed by atoms with E-state index in [2.05, 4.69) is 27.7 Å². The Bertz CT molecular complexity index is 333. The summed E-state index contributed by atoms with van der Waals surface area (Å²) in [6.45, 7) is 7.33. The maximum atomic E-state index is 11.5. The van der Waals surface area contributed by atoms with E-state index in [1.165, 1.54) is 4.68 Å². The van der Waals surface area contributed by atoms with Crippen molar-refractivity contribution in [3.8, 4) is 0 Å². The monoisotopic (exact) mass is 308 g/mol. The SMILES string of the molecule is Cc1nn(C(=O)OC(C)(C)C)cc1I. The Kier molecular flexibility index (Phi) is 3.18. The number of carbonyl (C=O) groups is 1. The molecule has 0 aromatic carbocycles. The number of hydrogen-bond donors (Lipinski definition) is 0. The van der Waals surface area contributed by atoms with Gasteiger partial charge in [0.05, 0.1) is 15.5 Å². The molecule has 14 heavy (non-hydrogen) atoms. The van der Waals surface area contributed by atoms with Gasteiger partial charge in [-0.3, -0.25) is 0 Å². The molecule has 1 aromatic rings. The van der Waals surface area contributed by atoms with Crippen LogP contribution >= 0.6 is 22.6 Å². The van der Waals surface area contributed by atoms with E-state index in [1.54, 1.807) is 6.20 Å². The number of carbonyl (C=O) groups excluding carboxylic acids is 1. The van der Waals surface area contributed by atoms with Gasteiger partial charge in [-0.1, -0.05) is 0 Å². The average Bonchev–Trinajstić information content (AvgIpc) is 2.28. The minimum atomic E-state index is -0.484. The van der Waals surface area contributed by atoms with Crippen molar-refractivity contribution in [1.29, 1.82) is 0 Å². The van der Waals surface area contributed by atoms with Gasteiger partial charge in [0, 0.05) is 0 Å². The zero-order chi connectivity index (χ0) is 10.9. The normalized spacial score (nSPS) is 11.5. The van der Waals surface area contributed by atoms with E-state index in [4.69, 9.17) is 4.74 Å². The van der Waals surface area contributed by atoms with Crippen LogP contribution in [0.15, 0.2) is 6.20 Å². The highest BCUT2D eigenvalue weighted by molar-refractivity contribution is 14.1. The van der Waals surface area contributed by atoms with Crippen molar-refractivity contribution in [1.82, 2.24) is 9.78 Å². The number of nitrogens with zero attached hydrogens (tertiary/aromatic N) is 2. The molecular weight excluding hydrogens is 295 g/mol. The van der Waals surface area contributed by atoms with Crippen LogP contribution in [0, 0.1) is 10.5 Å². The molecule has 1 rings (SSSR count). The van der Waals surface area contributed by atoms with E-state index in [0.717, 1.165) is 9.26 Å². The number of rotatable bonds is 0. The number of halogens is 1. The molecule has 0 amide bonds. The zero-order valence-electron chi connectivity index (χ0n) is 8.67. The van der Waals surface area contributed by atoms with Gasteiger partial charge < -0.3 is 4.74 Å². The van der Waals surface area contributed by atoms with E-state index in [9.17, 15) is 4.79 Å². The van der Waals surface area contributed by atoms with Crippen molar-refractivity contribution < 1.29 is 9.53 Å². The van der Waals surface area contributed by atoms with Crippen LogP contribution in [0.5, 0.6) is 0 Å². The lowest BCUT2D eigenvalue weighted by molar-refractivity contribution is 0.0514. The highest BCUT2D eigenvalue weighted by Crippen LogP contribution is 2.12. The first kappa shape index (κ1) is 11.5. The second-order valence-corrected chi connectivity index (χ2v) is 5.15. The number of aromatic nitrogens is 2. The van der Waals surface area contributed by atoms with Crippen molar-refractivity contribution in [3.05, 3.63) is 15.5 Å². The van der Waals surface area contributed by atoms with E-state index in [0.29, 0.717) is 0 Å². The first-order chi connectivity index (χ1) is 6.29. The van der Waals surface area contributed by atoms with Gasteiger partial charge in [-0.2, -0.15) is 9.78 Å². The second kappa shape index (κ2) is 3.88. The summed E-state index contributed by atoms with van der Waals surface area (Å²) in [4.78, 5) is 11.5. The van der Waals surface area contributed by atoms with Crippen LogP contribution in [0.1, 0.15) is 26.5 Å². The summed E-state index contributed by atoms with van der Waals surface area (Å²) in [6, 6.07) is 0. The molecule has 0 radical (unpaired) electrons. The van der Waals surface area contributed by atoms with Gasteiger partial charge in [-0.25, -0.2) is 4.79 Å². The second-order valence-electron chi connectivity index (χ2n) is 3.99. The fourth-order valence-electron chi connectivity index (χ4n) is 0.841. The Morgan fingerprint density at radius 3 is 2.50 bits per heavy atom. The first-order valence-corrected chi connectivity index (χ1v) is 5.32. The van der Waals surface area contributed by atoms with Gasteiger partial charge in [0.2, 0.25) is 0 Å². The molecule has 0 unspecified atom stereocenters. The van der Waals surface area contributed by atoms with Gasteiger partial charge in [-0.05, 0) is 50.3 Å². The molecule has 1 aromatic heterocycles. The molecule has 0 fully saturated rings. The van der Waals surface area contributed by atoms with Crippen molar-refractivity contribution in [2.45, 2.75) is 33.3 Å². The highest BCUT2D eigenvalue weighted by Gasteiger charge is 2.18. The molecule has 0 aliphatic rings. The lowest BCUT2D eigenvalue weighted by Gasteiger charge is -2.18. The van der Waals surface area contributed by atoms with Gasteiger partial charge in [0.1, 0.15) is 5.60 Å². The van der Waals surface area contributed by atoms with Gasteiger partial charge >= 0.3 is 6.09 Å². The summed E-state index contributed by atoms with van der Waals surface area (Å²) in [5, 5.41) is 4.03. The van der Waals surface area contributed by atoms with E-state index in [1.807, 2.05) is 27.7 Å². The molecule has 0 N–H and O–H groups in total. The van der Waals surface area contributed by atoms with Crippen LogP contribution < -0.4 is 0 Å². The molecule has 0 aliphatic carbocycles. The molecule has 1 heterocycles. The molecule has 0 saturated heterocycles. The van der Waals surface area contributed by atoms with Crippen LogP contribution in [0.25, 0.3) is 0 Å². The van der Waals surface area contributed by atoms with E-state index in [-0.39, 0.29) is 0 Å². The number of hydrogen-bond acceptors (Lipinski definition) is 3. The van der Waals surface area contributed by atoms with Crippen LogP contribution in [0.2, 0.25) is 0 Å². The van der Waals surface area contributed by atoms with Crippen molar-refractivity contribution in [2.24, 2.45) is 0 Å². The van der Waals surface area contributed by atoms with Crippen LogP contribution in [-0.2, 0) is 4.74 Å². The largest absolute Gasteiger partial charge is 0.442 e. The minimum Gasteiger partial charge on any atom is -0.442 e. The van der Waals surface area contributed by atoms with Gasteiger partial charge in [0.15, 0.2) is 0 Å². The minimum absolute atomic E-state index is 0.441. The predicted octanol–water partition coefficient (Wildman–Crippen LogP) is 2.58. The molecule has 0 spiro atoms. The first-order valence-electron chi connectivity index (χ1n) is 4.25. The van der Waals surface area contributed by atoms with Crippen LogP contribution in [0.3, 0.4) is 0 Å². The number of aryl methyl sites for hydroxylation is 1. The fourth-order valence-corrected chi connectivity index (χ4v) is 1.21. The third-order valence-electron chi connectivity index (χ3n) is 1.42. The topological polar surface area (TPSA) is 44.1 Å². The molecule has 5 heteroatoms. The predicted molar refractivity (Wildman–Crippen MR) is 61.3 cm³/mol. The van der Waals surface area contributed by atoms with Crippen LogP contribution in [0.4, 0.5) is 4.79 Å². The van der Waals surface area contributed by atoms with Gasteiger partial charge in [-0.15, -0.1) is 0 Å². The standard InChI is InChI=1S/C9H13IN2O2/c1-6-7(10)5-12(11-6)8(13)14-9(2,3)4/h5H,1-4H3. The summed E-state index contributed by atoms with van der Waals surface area (Å²) in [5.41, 5.74) is 0.346. The molecule has 0 aliphatic heterocycles. The third kappa shape index (κ3) is 2.97. The molecule has 0 atom stereocenters. The summed E-state index contributed by atoms with van der Waals surface area (Å²) in [7, 11) is 0. The summed E-state index contributed by atoms with van der Waals surface area (Å²) in [5.74, 6) is 0. The third-order valence-corrected chi connectivity index (χ3v) is 2.48. The van der Waals surface area contributed by atoms with Crippen molar-refractivity contribution in [3.63, 3.8) is 0 Å². The quantitative estimate of drug-likeness (QED) is 0.692. The smallest absolute Gasteiger partial charge is 0.435 e. The summed E-state index contributed by atoms with van der Waals surface area (Å²) < 4.78 is 7.33. The van der Waals surface area contributed by atoms with Crippen LogP contribution in [-0.4, -0.2) is 21.5 Å². The fraction of sp³-hybridized carbons (Fsp3) is 0.556. The Labute approximate surface area is 96.8 Å². The lowest BCUT2D eigenvalue weighted by Crippen LogP contribution is -2.27. The average molecular weight is 308 g/mol. The van der Waals surface area contributed by atoms with Crippen molar-refractivity contribution in [2.75, 3.05) is 0 Å². The number of ether oxygens (including phenoxy) is 1. The van der Waals surface area contributed by atoms with Crippen molar-refractivity contribution >= 4 is 28.7 Å². The van der Waals surface area contributed by atoms with E-state index < -0.39 is 11.7 Å². The molecule has 4 nitrogen and oxygen atoms in total. The Morgan fingerprint density at radius 1 is 1.57 bits per heavy atom. The maximum Gasteiger partial charge on any atom is 0.435 e. The summed E-state index contributed by atoms with van der Waals surface area (Å²) >= 11 is 2.12. The molecule has 78 valence electrons. The Balaban J connectivity index is 2.80. The Hall–Kier alpha value is -0.590. The Morgan fingerprint density at radius 2 is 2.14 bits per heavy atom. The zero-order valence-corrected chi connectivity index (χ0v) is 10.8. The van der Waals surface area contributed by atoms with E-state index >= 15 is 0 Å². The highest BCUT2D eigenvalue weighted by atomic mass is 127. The lowest BCUT2D eigenvalue weighted by atomic mass is 10.2. The van der Waals surface area contributed by atoms with Gasteiger partial charge in [0.25, 0.3) is 0 Å².